The molecule has 1 aromatic heterocycles. The lowest BCUT2D eigenvalue weighted by atomic mass is 10.0. The van der Waals surface area contributed by atoms with Crippen molar-refractivity contribution in [1.82, 2.24) is 9.47 Å². The van der Waals surface area contributed by atoms with Crippen molar-refractivity contribution in [1.29, 1.82) is 0 Å². The second-order valence-electron chi connectivity index (χ2n) is 6.80. The molecule has 2 aromatic carbocycles. The molecule has 2 N–H and O–H groups in total. The molecule has 0 aliphatic carbocycles. The molecular formula is C21H21N3O2. The van der Waals surface area contributed by atoms with E-state index in [4.69, 9.17) is 5.73 Å². The Morgan fingerprint density at radius 2 is 1.73 bits per heavy atom. The van der Waals surface area contributed by atoms with Crippen molar-refractivity contribution in [3.8, 4) is 11.3 Å². The van der Waals surface area contributed by atoms with Crippen LogP contribution in [0.25, 0.3) is 22.2 Å². The van der Waals surface area contributed by atoms with Crippen molar-refractivity contribution in [3.63, 3.8) is 0 Å². The number of aromatic nitrogens is 1. The Morgan fingerprint density at radius 1 is 1.04 bits per heavy atom. The Labute approximate surface area is 152 Å². The minimum Gasteiger partial charge on any atom is -0.369 e. The Morgan fingerprint density at radius 3 is 2.42 bits per heavy atom. The number of carbonyl (C=O) groups excluding carboxylic acids is 2. The van der Waals surface area contributed by atoms with E-state index in [1.54, 1.807) is 4.90 Å². The molecule has 5 nitrogen and oxygen atoms in total. The molecule has 0 unspecified atom stereocenters. The van der Waals surface area contributed by atoms with Crippen LogP contribution in [0.1, 0.15) is 16.8 Å². The third kappa shape index (κ3) is 2.56. The van der Waals surface area contributed by atoms with Gasteiger partial charge in [-0.3, -0.25) is 9.59 Å². The van der Waals surface area contributed by atoms with Crippen LogP contribution < -0.4 is 5.73 Å². The fourth-order valence-corrected chi connectivity index (χ4v) is 3.88. The standard InChI is InChI=1S/C21H21N3O2/c1-23-17-10-6-5-9-16(17)18(19(23)14-7-3-2-4-8-14)21(26)24-12-11-15(13-24)20(22)25/h2-10,15H,11-13H2,1H3,(H2,22,25)/t15-/m1/s1. The average Bonchev–Trinajstić information content (AvgIpc) is 3.26. The van der Waals surface area contributed by atoms with Gasteiger partial charge in [-0.2, -0.15) is 0 Å². The van der Waals surface area contributed by atoms with Gasteiger partial charge in [0.25, 0.3) is 5.91 Å². The van der Waals surface area contributed by atoms with Crippen LogP contribution in [0.3, 0.4) is 0 Å². The number of likely N-dealkylation sites (tertiary alicyclic amines) is 1. The number of amides is 2. The second-order valence-corrected chi connectivity index (χ2v) is 6.80. The van der Waals surface area contributed by atoms with Gasteiger partial charge in [-0.15, -0.1) is 0 Å². The minimum atomic E-state index is -0.332. The highest BCUT2D eigenvalue weighted by Gasteiger charge is 2.33. The molecule has 2 heterocycles. The van der Waals surface area contributed by atoms with E-state index in [-0.39, 0.29) is 17.7 Å². The first-order valence-corrected chi connectivity index (χ1v) is 8.79. The molecular weight excluding hydrogens is 326 g/mol. The molecule has 5 heteroatoms. The summed E-state index contributed by atoms with van der Waals surface area (Å²) in [6.45, 7) is 0.954. The minimum absolute atomic E-state index is 0.0376. The molecule has 0 spiro atoms. The molecule has 2 amide bonds. The smallest absolute Gasteiger partial charge is 0.256 e. The summed E-state index contributed by atoms with van der Waals surface area (Å²) in [5.41, 5.74) is 9.04. The molecule has 132 valence electrons. The number of rotatable bonds is 3. The highest BCUT2D eigenvalue weighted by molar-refractivity contribution is 6.13. The Kier molecular flexibility index (Phi) is 3.99. The van der Waals surface area contributed by atoms with Gasteiger partial charge in [-0.1, -0.05) is 48.5 Å². The van der Waals surface area contributed by atoms with Crippen LogP contribution in [-0.2, 0) is 11.8 Å². The summed E-state index contributed by atoms with van der Waals surface area (Å²) in [6.07, 6.45) is 0.631. The lowest BCUT2D eigenvalue weighted by Crippen LogP contribution is -2.32. The lowest BCUT2D eigenvalue weighted by Gasteiger charge is -2.17. The molecule has 4 rings (SSSR count). The van der Waals surface area contributed by atoms with Crippen LogP contribution >= 0.6 is 0 Å². The van der Waals surface area contributed by atoms with Gasteiger partial charge < -0.3 is 15.2 Å². The van der Waals surface area contributed by atoms with Gasteiger partial charge in [-0.25, -0.2) is 0 Å². The molecule has 26 heavy (non-hydrogen) atoms. The SMILES string of the molecule is Cn1c(-c2ccccc2)c(C(=O)N2CC[C@@H](C(N)=O)C2)c2ccccc21. The van der Waals surface area contributed by atoms with Crippen molar-refractivity contribution in [2.45, 2.75) is 6.42 Å². The largest absolute Gasteiger partial charge is 0.369 e. The van der Waals surface area contributed by atoms with Gasteiger partial charge in [0.05, 0.1) is 17.2 Å². The van der Waals surface area contributed by atoms with Crippen LogP contribution in [0.15, 0.2) is 54.6 Å². The molecule has 1 atom stereocenters. The Hall–Kier alpha value is -3.08. The number of hydrogen-bond donors (Lipinski definition) is 1. The van der Waals surface area contributed by atoms with E-state index in [1.807, 2.05) is 61.6 Å². The predicted octanol–water partition coefficient (Wildman–Crippen LogP) is 2.79. The number of benzene rings is 2. The van der Waals surface area contributed by atoms with Gasteiger partial charge in [-0.05, 0) is 18.1 Å². The summed E-state index contributed by atoms with van der Waals surface area (Å²) < 4.78 is 2.07. The molecule has 0 radical (unpaired) electrons. The molecule has 1 aliphatic heterocycles. The van der Waals surface area contributed by atoms with E-state index >= 15 is 0 Å². The number of nitrogens with two attached hydrogens (primary N) is 1. The van der Waals surface area contributed by atoms with Crippen molar-refractivity contribution >= 4 is 22.7 Å². The number of nitrogens with zero attached hydrogens (tertiary/aromatic N) is 2. The zero-order chi connectivity index (χ0) is 18.3. The third-order valence-corrected chi connectivity index (χ3v) is 5.25. The van der Waals surface area contributed by atoms with Gasteiger partial charge >= 0.3 is 0 Å². The Bertz CT molecular complexity index is 991. The van der Waals surface area contributed by atoms with Crippen LogP contribution in [0.2, 0.25) is 0 Å². The molecule has 1 saturated heterocycles. The number of carbonyl (C=O) groups is 2. The molecule has 1 fully saturated rings. The molecule has 1 aliphatic rings. The lowest BCUT2D eigenvalue weighted by molar-refractivity contribution is -0.121. The summed E-state index contributed by atoms with van der Waals surface area (Å²) in [6, 6.07) is 17.9. The maximum absolute atomic E-state index is 13.4. The van der Waals surface area contributed by atoms with Gasteiger partial charge in [0.15, 0.2) is 0 Å². The van der Waals surface area contributed by atoms with E-state index < -0.39 is 0 Å². The predicted molar refractivity (Wildman–Crippen MR) is 102 cm³/mol. The quantitative estimate of drug-likeness (QED) is 0.791. The summed E-state index contributed by atoms with van der Waals surface area (Å²) >= 11 is 0. The monoisotopic (exact) mass is 347 g/mol. The highest BCUT2D eigenvalue weighted by Crippen LogP contribution is 2.34. The third-order valence-electron chi connectivity index (χ3n) is 5.25. The maximum Gasteiger partial charge on any atom is 0.256 e. The van der Waals surface area contributed by atoms with Crippen molar-refractivity contribution in [2.75, 3.05) is 13.1 Å². The zero-order valence-corrected chi connectivity index (χ0v) is 14.7. The van der Waals surface area contributed by atoms with E-state index in [0.29, 0.717) is 25.1 Å². The summed E-state index contributed by atoms with van der Waals surface area (Å²) in [7, 11) is 1.98. The maximum atomic E-state index is 13.4. The normalized spacial score (nSPS) is 17.0. The Balaban J connectivity index is 1.86. The topological polar surface area (TPSA) is 68.3 Å². The van der Waals surface area contributed by atoms with E-state index in [1.165, 1.54) is 0 Å². The number of para-hydroxylation sites is 1. The first-order valence-electron chi connectivity index (χ1n) is 8.79. The van der Waals surface area contributed by atoms with E-state index in [9.17, 15) is 9.59 Å². The first-order chi connectivity index (χ1) is 12.6. The fraction of sp³-hybridized carbons (Fsp3) is 0.238. The van der Waals surface area contributed by atoms with Gasteiger partial charge in [0.2, 0.25) is 5.91 Å². The summed E-state index contributed by atoms with van der Waals surface area (Å²) in [4.78, 5) is 26.6. The van der Waals surface area contributed by atoms with Crippen LogP contribution in [0.4, 0.5) is 0 Å². The second kappa shape index (κ2) is 6.33. The number of fused-ring (bicyclic) bond motifs is 1. The van der Waals surface area contributed by atoms with Crippen LogP contribution in [0.5, 0.6) is 0 Å². The van der Waals surface area contributed by atoms with Crippen molar-refractivity contribution in [3.05, 3.63) is 60.2 Å². The first kappa shape index (κ1) is 16.4. The molecule has 0 bridgehead atoms. The number of hydrogen-bond acceptors (Lipinski definition) is 2. The summed E-state index contributed by atoms with van der Waals surface area (Å²) in [5, 5.41) is 0.932. The van der Waals surface area contributed by atoms with Gasteiger partial charge in [0.1, 0.15) is 0 Å². The molecule has 0 saturated carbocycles. The zero-order valence-electron chi connectivity index (χ0n) is 14.7. The van der Waals surface area contributed by atoms with Crippen LogP contribution in [0, 0.1) is 5.92 Å². The van der Waals surface area contributed by atoms with Gasteiger partial charge in [0, 0.05) is 31.0 Å². The van der Waals surface area contributed by atoms with E-state index in [0.717, 1.165) is 22.2 Å². The van der Waals surface area contributed by atoms with Crippen molar-refractivity contribution in [2.24, 2.45) is 18.7 Å². The molecule has 3 aromatic rings. The number of aryl methyl sites for hydroxylation is 1. The highest BCUT2D eigenvalue weighted by atomic mass is 16.2. The van der Waals surface area contributed by atoms with Crippen molar-refractivity contribution < 1.29 is 9.59 Å². The average molecular weight is 347 g/mol. The van der Waals surface area contributed by atoms with Crippen LogP contribution in [-0.4, -0.2) is 34.4 Å². The fourth-order valence-electron chi connectivity index (χ4n) is 3.88. The van der Waals surface area contributed by atoms with E-state index in [2.05, 4.69) is 4.57 Å². The number of primary amides is 1. The summed E-state index contributed by atoms with van der Waals surface area (Å²) in [5.74, 6) is -0.625.